The first-order valence-corrected chi connectivity index (χ1v) is 6.18. The maximum Gasteiger partial charge on any atom is 0.311 e. The van der Waals surface area contributed by atoms with Gasteiger partial charge in [0.15, 0.2) is 0 Å². The number of nitrogens with one attached hydrogen (secondary N) is 1. The van der Waals surface area contributed by atoms with Gasteiger partial charge in [0.2, 0.25) is 11.7 Å². The largest absolute Gasteiger partial charge is 0.481 e. The summed E-state index contributed by atoms with van der Waals surface area (Å²) in [7, 11) is 1.49. The molecule has 1 aliphatic carbocycles. The van der Waals surface area contributed by atoms with Crippen molar-refractivity contribution < 1.29 is 9.66 Å². The molecule has 0 unspecified atom stereocenters. The number of aromatic nitrogens is 1. The predicted octanol–water partition coefficient (Wildman–Crippen LogP) is 2.84. The van der Waals surface area contributed by atoms with Crippen molar-refractivity contribution >= 4 is 11.5 Å². The minimum atomic E-state index is -0.433. The third-order valence-corrected chi connectivity index (χ3v) is 4.56. The number of pyridine rings is 1. The first kappa shape index (κ1) is 13.6. The van der Waals surface area contributed by atoms with E-state index in [0.29, 0.717) is 5.88 Å². The molecule has 6 nitrogen and oxygen atoms in total. The molecule has 2 rings (SSSR count). The summed E-state index contributed by atoms with van der Waals surface area (Å²) in [6, 6.07) is 3.06. The van der Waals surface area contributed by atoms with Crippen LogP contribution in [0.15, 0.2) is 12.1 Å². The van der Waals surface area contributed by atoms with E-state index in [1.165, 1.54) is 19.2 Å². The highest BCUT2D eigenvalue weighted by Crippen LogP contribution is 2.63. The second kappa shape index (κ2) is 4.08. The molecule has 0 amide bonds. The van der Waals surface area contributed by atoms with Crippen LogP contribution in [0.3, 0.4) is 0 Å². The van der Waals surface area contributed by atoms with E-state index in [-0.39, 0.29) is 28.4 Å². The normalized spacial score (nSPS) is 19.8. The number of hydrogen-bond acceptors (Lipinski definition) is 5. The number of nitrogens with zero attached hydrogens (tertiary/aromatic N) is 2. The molecule has 0 saturated heterocycles. The van der Waals surface area contributed by atoms with Crippen LogP contribution >= 0.6 is 0 Å². The Morgan fingerprint density at radius 3 is 2.32 bits per heavy atom. The van der Waals surface area contributed by atoms with Crippen LogP contribution in [-0.2, 0) is 0 Å². The topological polar surface area (TPSA) is 77.3 Å². The number of anilines is 1. The summed E-state index contributed by atoms with van der Waals surface area (Å²) in [6.07, 6.45) is 0. The van der Waals surface area contributed by atoms with Crippen molar-refractivity contribution in [2.24, 2.45) is 10.8 Å². The smallest absolute Gasteiger partial charge is 0.311 e. The SMILES string of the molecule is COc1ccc([N+](=O)[O-])c(NC2C(C)(C)C2(C)C)n1. The van der Waals surface area contributed by atoms with Gasteiger partial charge in [-0.1, -0.05) is 27.7 Å². The van der Waals surface area contributed by atoms with Gasteiger partial charge in [-0.3, -0.25) is 10.1 Å². The van der Waals surface area contributed by atoms with E-state index >= 15 is 0 Å². The van der Waals surface area contributed by atoms with Crippen LogP contribution in [0.1, 0.15) is 27.7 Å². The Labute approximate surface area is 112 Å². The second-order valence-corrected chi connectivity index (χ2v) is 6.00. The summed E-state index contributed by atoms with van der Waals surface area (Å²) < 4.78 is 5.02. The molecule has 0 spiro atoms. The van der Waals surface area contributed by atoms with Crippen LogP contribution in [0.2, 0.25) is 0 Å². The average molecular weight is 265 g/mol. The van der Waals surface area contributed by atoms with Crippen LogP contribution in [0, 0.1) is 20.9 Å². The van der Waals surface area contributed by atoms with Gasteiger partial charge in [0.1, 0.15) is 0 Å². The number of rotatable bonds is 4. The van der Waals surface area contributed by atoms with Crippen LogP contribution in [-0.4, -0.2) is 23.1 Å². The zero-order valence-electron chi connectivity index (χ0n) is 11.9. The van der Waals surface area contributed by atoms with Gasteiger partial charge in [-0.25, -0.2) is 0 Å². The first-order valence-electron chi connectivity index (χ1n) is 6.18. The van der Waals surface area contributed by atoms with Gasteiger partial charge in [-0.15, -0.1) is 0 Å². The van der Waals surface area contributed by atoms with E-state index in [9.17, 15) is 10.1 Å². The molecule has 6 heteroatoms. The molecule has 104 valence electrons. The van der Waals surface area contributed by atoms with Gasteiger partial charge in [-0.05, 0) is 10.8 Å². The zero-order valence-corrected chi connectivity index (χ0v) is 11.9. The van der Waals surface area contributed by atoms with Crippen molar-refractivity contribution in [1.29, 1.82) is 0 Å². The van der Waals surface area contributed by atoms with E-state index in [1.54, 1.807) is 0 Å². The van der Waals surface area contributed by atoms with Gasteiger partial charge < -0.3 is 10.1 Å². The molecular weight excluding hydrogens is 246 g/mol. The Kier molecular flexibility index (Phi) is 2.91. The monoisotopic (exact) mass is 265 g/mol. The fraction of sp³-hybridized carbons (Fsp3) is 0.615. The molecule has 0 aromatic carbocycles. The lowest BCUT2D eigenvalue weighted by Crippen LogP contribution is -2.13. The van der Waals surface area contributed by atoms with Gasteiger partial charge in [0.05, 0.1) is 12.0 Å². The standard InChI is InChI=1S/C13H19N3O3/c1-12(2)11(13(12,3)4)15-10-8(16(17)18)6-7-9(14-10)19-5/h6-7,11H,1-5H3,(H,14,15). The fourth-order valence-corrected chi connectivity index (χ4v) is 2.50. The number of methoxy groups -OCH3 is 1. The Morgan fingerprint density at radius 2 is 1.89 bits per heavy atom. The van der Waals surface area contributed by atoms with E-state index in [1.807, 2.05) is 0 Å². The molecule has 1 fully saturated rings. The van der Waals surface area contributed by atoms with Crippen molar-refractivity contribution in [3.63, 3.8) is 0 Å². The van der Waals surface area contributed by atoms with Gasteiger partial charge in [-0.2, -0.15) is 4.98 Å². The van der Waals surface area contributed by atoms with Crippen molar-refractivity contribution in [2.75, 3.05) is 12.4 Å². The number of nitro groups is 1. The summed E-state index contributed by atoms with van der Waals surface area (Å²) >= 11 is 0. The molecule has 19 heavy (non-hydrogen) atoms. The van der Waals surface area contributed by atoms with Gasteiger partial charge >= 0.3 is 5.69 Å². The fourth-order valence-electron chi connectivity index (χ4n) is 2.50. The molecule has 0 radical (unpaired) electrons. The van der Waals surface area contributed by atoms with Crippen molar-refractivity contribution in [3.05, 3.63) is 22.2 Å². The predicted molar refractivity (Wildman–Crippen MR) is 72.4 cm³/mol. The molecule has 0 atom stereocenters. The average Bonchev–Trinajstić information content (AvgIpc) is 2.71. The molecule has 1 aromatic heterocycles. The molecule has 1 heterocycles. The van der Waals surface area contributed by atoms with Crippen molar-refractivity contribution in [1.82, 2.24) is 4.98 Å². The van der Waals surface area contributed by atoms with Crippen molar-refractivity contribution in [2.45, 2.75) is 33.7 Å². The lowest BCUT2D eigenvalue weighted by Gasteiger charge is -2.09. The Hall–Kier alpha value is -1.85. The maximum atomic E-state index is 11.0. The van der Waals surface area contributed by atoms with E-state index in [0.717, 1.165) is 0 Å². The first-order chi connectivity index (χ1) is 8.71. The van der Waals surface area contributed by atoms with Crippen LogP contribution in [0.4, 0.5) is 11.5 Å². The molecule has 1 aromatic rings. The van der Waals surface area contributed by atoms with Gasteiger partial charge in [0, 0.05) is 18.2 Å². The minimum absolute atomic E-state index is 0.0284. The summed E-state index contributed by atoms with van der Waals surface area (Å²) in [4.78, 5) is 14.7. The van der Waals surface area contributed by atoms with E-state index < -0.39 is 4.92 Å². The summed E-state index contributed by atoms with van der Waals surface area (Å²) in [5, 5.41) is 14.2. The highest BCUT2D eigenvalue weighted by molar-refractivity contribution is 5.59. The maximum absolute atomic E-state index is 11.0. The molecule has 1 saturated carbocycles. The summed E-state index contributed by atoms with van der Waals surface area (Å²) in [6.45, 7) is 8.54. The van der Waals surface area contributed by atoms with Crippen LogP contribution < -0.4 is 10.1 Å². The lowest BCUT2D eigenvalue weighted by molar-refractivity contribution is -0.384. The zero-order chi connectivity index (χ0) is 14.4. The number of hydrogen-bond donors (Lipinski definition) is 1. The number of ether oxygens (including phenoxy) is 1. The summed E-state index contributed by atoms with van der Waals surface area (Å²) in [5.41, 5.74) is 0.122. The van der Waals surface area contributed by atoms with Crippen LogP contribution in [0.25, 0.3) is 0 Å². The third-order valence-electron chi connectivity index (χ3n) is 4.56. The minimum Gasteiger partial charge on any atom is -0.481 e. The Balaban J connectivity index is 2.32. The Morgan fingerprint density at radius 1 is 1.32 bits per heavy atom. The lowest BCUT2D eigenvalue weighted by atomic mass is 10.0. The highest BCUT2D eigenvalue weighted by atomic mass is 16.6. The molecule has 1 aliphatic rings. The quantitative estimate of drug-likeness (QED) is 0.669. The molecular formula is C13H19N3O3. The second-order valence-electron chi connectivity index (χ2n) is 6.00. The van der Waals surface area contributed by atoms with Gasteiger partial charge in [0.25, 0.3) is 0 Å². The molecule has 0 aliphatic heterocycles. The molecule has 0 bridgehead atoms. The molecule has 1 N–H and O–H groups in total. The van der Waals surface area contributed by atoms with Crippen molar-refractivity contribution in [3.8, 4) is 5.88 Å². The summed E-state index contributed by atoms with van der Waals surface area (Å²) in [5.74, 6) is 0.636. The Bertz CT molecular complexity index is 512. The third kappa shape index (κ3) is 2.01. The van der Waals surface area contributed by atoms with E-state index in [4.69, 9.17) is 4.74 Å². The van der Waals surface area contributed by atoms with E-state index in [2.05, 4.69) is 38.0 Å². The van der Waals surface area contributed by atoms with Crippen LogP contribution in [0.5, 0.6) is 5.88 Å². The highest BCUT2D eigenvalue weighted by Gasteiger charge is 2.65.